The largest absolute Gasteiger partial charge is 0.334 e. The van der Waals surface area contributed by atoms with Gasteiger partial charge in [0.05, 0.1) is 17.7 Å². The van der Waals surface area contributed by atoms with E-state index in [-0.39, 0.29) is 6.04 Å². The molecule has 0 aromatic heterocycles. The normalized spacial score (nSPS) is 17.1. The van der Waals surface area contributed by atoms with E-state index in [1.54, 1.807) is 12.1 Å². The van der Waals surface area contributed by atoms with Crippen molar-refractivity contribution in [1.29, 1.82) is 5.26 Å². The molecule has 1 amide bonds. The standard InChI is InChI=1S/C17H14N2O/c18-11-13-5-7-15(8-6-13)17-16-4-2-1-3-14(16)9-10-19(17)12-20/h1-8,12,17H,9-10H2. The zero-order valence-electron chi connectivity index (χ0n) is 11.0. The van der Waals surface area contributed by atoms with Crippen LogP contribution in [0.4, 0.5) is 0 Å². The first-order valence-corrected chi connectivity index (χ1v) is 6.62. The van der Waals surface area contributed by atoms with Crippen LogP contribution in [0.25, 0.3) is 0 Å². The Morgan fingerprint density at radius 3 is 2.60 bits per heavy atom. The third-order valence-electron chi connectivity index (χ3n) is 3.81. The summed E-state index contributed by atoms with van der Waals surface area (Å²) in [5, 5.41) is 8.88. The molecule has 3 rings (SSSR count). The molecular weight excluding hydrogens is 248 g/mol. The highest BCUT2D eigenvalue weighted by molar-refractivity contribution is 5.54. The van der Waals surface area contributed by atoms with Crippen LogP contribution < -0.4 is 0 Å². The van der Waals surface area contributed by atoms with Crippen LogP contribution in [0.15, 0.2) is 48.5 Å². The van der Waals surface area contributed by atoms with Crippen molar-refractivity contribution in [1.82, 2.24) is 4.90 Å². The van der Waals surface area contributed by atoms with Gasteiger partial charge in [-0.15, -0.1) is 0 Å². The average molecular weight is 262 g/mol. The molecule has 2 aromatic rings. The van der Waals surface area contributed by atoms with Gasteiger partial charge in [-0.2, -0.15) is 5.26 Å². The van der Waals surface area contributed by atoms with E-state index in [0.717, 1.165) is 24.9 Å². The summed E-state index contributed by atoms with van der Waals surface area (Å²) in [6.07, 6.45) is 1.81. The van der Waals surface area contributed by atoms with Crippen LogP contribution >= 0.6 is 0 Å². The summed E-state index contributed by atoms with van der Waals surface area (Å²) < 4.78 is 0. The molecule has 0 aliphatic carbocycles. The van der Waals surface area contributed by atoms with Gasteiger partial charge in [0.25, 0.3) is 0 Å². The second-order valence-electron chi connectivity index (χ2n) is 4.93. The molecule has 1 heterocycles. The number of benzene rings is 2. The van der Waals surface area contributed by atoms with Crippen LogP contribution in [-0.2, 0) is 11.2 Å². The minimum atomic E-state index is -0.0507. The van der Waals surface area contributed by atoms with Crippen LogP contribution in [0.3, 0.4) is 0 Å². The topological polar surface area (TPSA) is 44.1 Å². The van der Waals surface area contributed by atoms with Gasteiger partial charge in [0.2, 0.25) is 6.41 Å². The SMILES string of the molecule is N#Cc1ccc(C2c3ccccc3CCN2C=O)cc1. The highest BCUT2D eigenvalue weighted by atomic mass is 16.1. The minimum absolute atomic E-state index is 0.0507. The lowest BCUT2D eigenvalue weighted by Gasteiger charge is -2.35. The van der Waals surface area contributed by atoms with Crippen molar-refractivity contribution >= 4 is 6.41 Å². The number of fused-ring (bicyclic) bond motifs is 1. The van der Waals surface area contributed by atoms with E-state index in [1.807, 2.05) is 29.2 Å². The molecule has 98 valence electrons. The van der Waals surface area contributed by atoms with Crippen LogP contribution in [0.1, 0.15) is 28.3 Å². The first kappa shape index (κ1) is 12.4. The van der Waals surface area contributed by atoms with E-state index >= 15 is 0 Å². The summed E-state index contributed by atoms with van der Waals surface area (Å²) in [5.74, 6) is 0. The van der Waals surface area contributed by atoms with Crippen LogP contribution in [0.2, 0.25) is 0 Å². The Morgan fingerprint density at radius 2 is 1.90 bits per heavy atom. The minimum Gasteiger partial charge on any atom is -0.334 e. The van der Waals surface area contributed by atoms with Crippen molar-refractivity contribution in [2.75, 3.05) is 6.54 Å². The maximum absolute atomic E-state index is 11.4. The number of carbonyl (C=O) groups is 1. The number of hydrogen-bond acceptors (Lipinski definition) is 2. The van der Waals surface area contributed by atoms with Crippen molar-refractivity contribution in [2.24, 2.45) is 0 Å². The summed E-state index contributed by atoms with van der Waals surface area (Å²) in [5.41, 5.74) is 4.15. The first-order chi connectivity index (χ1) is 9.83. The lowest BCUT2D eigenvalue weighted by Crippen LogP contribution is -2.34. The van der Waals surface area contributed by atoms with Gasteiger partial charge < -0.3 is 4.90 Å². The summed E-state index contributed by atoms with van der Waals surface area (Å²) in [7, 11) is 0. The van der Waals surface area contributed by atoms with E-state index < -0.39 is 0 Å². The molecule has 0 N–H and O–H groups in total. The summed E-state index contributed by atoms with van der Waals surface area (Å²) in [6.45, 7) is 0.727. The maximum Gasteiger partial charge on any atom is 0.210 e. The molecule has 1 aliphatic rings. The third-order valence-corrected chi connectivity index (χ3v) is 3.81. The van der Waals surface area contributed by atoms with Crippen molar-refractivity contribution in [2.45, 2.75) is 12.5 Å². The Labute approximate surface area is 118 Å². The van der Waals surface area contributed by atoms with Gasteiger partial charge in [-0.25, -0.2) is 0 Å². The Balaban J connectivity index is 2.08. The van der Waals surface area contributed by atoms with Gasteiger partial charge in [0, 0.05) is 6.54 Å². The van der Waals surface area contributed by atoms with E-state index in [9.17, 15) is 4.79 Å². The molecule has 20 heavy (non-hydrogen) atoms. The monoisotopic (exact) mass is 262 g/mol. The summed E-state index contributed by atoms with van der Waals surface area (Å²) in [6, 6.07) is 17.8. The molecule has 0 saturated carbocycles. The number of rotatable bonds is 2. The molecule has 0 fully saturated rings. The number of hydrogen-bond donors (Lipinski definition) is 0. The highest BCUT2D eigenvalue weighted by Gasteiger charge is 2.27. The molecule has 1 aliphatic heterocycles. The van der Waals surface area contributed by atoms with E-state index in [4.69, 9.17) is 5.26 Å². The van der Waals surface area contributed by atoms with E-state index in [2.05, 4.69) is 18.2 Å². The smallest absolute Gasteiger partial charge is 0.210 e. The van der Waals surface area contributed by atoms with Gasteiger partial charge in [0.1, 0.15) is 0 Å². The van der Waals surface area contributed by atoms with Crippen molar-refractivity contribution < 1.29 is 4.79 Å². The zero-order chi connectivity index (χ0) is 13.9. The Bertz CT molecular complexity index is 670. The van der Waals surface area contributed by atoms with Crippen molar-refractivity contribution in [3.8, 4) is 6.07 Å². The van der Waals surface area contributed by atoms with Gasteiger partial charge in [-0.05, 0) is 35.2 Å². The predicted octanol–water partition coefficient (Wildman–Crippen LogP) is 2.66. The molecule has 3 heteroatoms. The molecule has 1 atom stereocenters. The number of amides is 1. The van der Waals surface area contributed by atoms with Crippen LogP contribution in [0, 0.1) is 11.3 Å². The molecule has 0 radical (unpaired) electrons. The van der Waals surface area contributed by atoms with Gasteiger partial charge >= 0.3 is 0 Å². The third kappa shape index (κ3) is 2.06. The molecule has 1 unspecified atom stereocenters. The predicted molar refractivity (Wildman–Crippen MR) is 75.9 cm³/mol. The lowest BCUT2D eigenvalue weighted by molar-refractivity contribution is -0.119. The van der Waals surface area contributed by atoms with Gasteiger partial charge in [-0.1, -0.05) is 36.4 Å². The number of nitrogens with zero attached hydrogens (tertiary/aromatic N) is 2. The van der Waals surface area contributed by atoms with E-state index in [1.165, 1.54) is 11.1 Å². The fourth-order valence-electron chi connectivity index (χ4n) is 2.81. The van der Waals surface area contributed by atoms with Crippen molar-refractivity contribution in [3.05, 3.63) is 70.8 Å². The summed E-state index contributed by atoms with van der Waals surface area (Å²) in [4.78, 5) is 13.2. The van der Waals surface area contributed by atoms with E-state index in [0.29, 0.717) is 5.56 Å². The van der Waals surface area contributed by atoms with Gasteiger partial charge in [-0.3, -0.25) is 4.79 Å². The molecule has 3 nitrogen and oxygen atoms in total. The number of carbonyl (C=O) groups excluding carboxylic acids is 1. The Morgan fingerprint density at radius 1 is 1.15 bits per heavy atom. The second-order valence-corrected chi connectivity index (χ2v) is 4.93. The molecule has 0 bridgehead atoms. The molecular formula is C17H14N2O. The average Bonchev–Trinajstić information content (AvgIpc) is 2.54. The second kappa shape index (κ2) is 5.18. The van der Waals surface area contributed by atoms with Gasteiger partial charge in [0.15, 0.2) is 0 Å². The molecule has 0 spiro atoms. The first-order valence-electron chi connectivity index (χ1n) is 6.62. The fourth-order valence-corrected chi connectivity index (χ4v) is 2.81. The summed E-state index contributed by atoms with van der Waals surface area (Å²) >= 11 is 0. The molecule has 0 saturated heterocycles. The maximum atomic E-state index is 11.4. The lowest BCUT2D eigenvalue weighted by atomic mass is 9.88. The van der Waals surface area contributed by atoms with Crippen LogP contribution in [-0.4, -0.2) is 17.9 Å². The van der Waals surface area contributed by atoms with Crippen molar-refractivity contribution in [3.63, 3.8) is 0 Å². The quantitative estimate of drug-likeness (QED) is 0.781. The molecule has 2 aromatic carbocycles. The highest BCUT2D eigenvalue weighted by Crippen LogP contribution is 2.34. The Kier molecular flexibility index (Phi) is 3.22. The fraction of sp³-hybridized carbons (Fsp3) is 0.176. The van der Waals surface area contributed by atoms with Crippen LogP contribution in [0.5, 0.6) is 0 Å². The number of nitriles is 1. The zero-order valence-corrected chi connectivity index (χ0v) is 11.0. The Hall–Kier alpha value is -2.60.